The molecule has 0 nitrogen and oxygen atoms in total. The first-order chi connectivity index (χ1) is 4.63. The van der Waals surface area contributed by atoms with Gasteiger partial charge in [0, 0.05) is 0 Å². The van der Waals surface area contributed by atoms with Crippen molar-refractivity contribution >= 4 is 23.1 Å². The molecule has 0 aliphatic heterocycles. The Morgan fingerprint density at radius 3 is 1.92 bits per heavy atom. The molecule has 0 radical (unpaired) electrons. The summed E-state index contributed by atoms with van der Waals surface area (Å²) < 4.78 is 0. The van der Waals surface area contributed by atoms with Gasteiger partial charge in [0.25, 0.3) is 0 Å². The molecule has 0 amide bonds. The van der Waals surface area contributed by atoms with Crippen molar-refractivity contribution in [3.63, 3.8) is 0 Å². The van der Waals surface area contributed by atoms with E-state index in [0.717, 1.165) is 0 Å². The Bertz CT molecular complexity index is 224. The molecular weight excluding hydrogens is 156 g/mol. The second-order valence-corrected chi connectivity index (χ2v) is 2.85. The van der Waals surface area contributed by atoms with E-state index in [-0.39, 0.29) is 30.5 Å². The van der Waals surface area contributed by atoms with E-state index < -0.39 is 0 Å². The van der Waals surface area contributed by atoms with Crippen molar-refractivity contribution in [2.45, 2.75) is 27.7 Å². The van der Waals surface area contributed by atoms with E-state index in [0.29, 0.717) is 0 Å². The summed E-state index contributed by atoms with van der Waals surface area (Å²) in [4.78, 5) is 0. The van der Waals surface area contributed by atoms with Crippen LogP contribution in [0.2, 0.25) is 0 Å². The fourth-order valence-electron chi connectivity index (χ4n) is 1.01. The van der Waals surface area contributed by atoms with Crippen LogP contribution in [0.3, 0.4) is 0 Å². The van der Waals surface area contributed by atoms with E-state index in [9.17, 15) is 0 Å². The Labute approximate surface area is 92.5 Å². The van der Waals surface area contributed by atoms with E-state index >= 15 is 0 Å². The SMILES string of the molecule is Cc1[c-]cc(C)c(C)c1C.[CH3-].[Mg+2]. The largest absolute Gasteiger partial charge is 2.00 e. The summed E-state index contributed by atoms with van der Waals surface area (Å²) in [6.45, 7) is 8.53. The smallest absolute Gasteiger partial charge is 0.358 e. The van der Waals surface area contributed by atoms with Crippen molar-refractivity contribution in [1.29, 1.82) is 0 Å². The molecule has 0 saturated carbocycles. The minimum Gasteiger partial charge on any atom is -0.358 e. The monoisotopic (exact) mass is 172 g/mol. The van der Waals surface area contributed by atoms with Gasteiger partial charge in [-0.2, -0.15) is 34.4 Å². The van der Waals surface area contributed by atoms with Gasteiger partial charge in [0.05, 0.1) is 0 Å². The molecule has 0 N–H and O–H groups in total. The van der Waals surface area contributed by atoms with Gasteiger partial charge in [-0.3, -0.25) is 0 Å². The third-order valence-electron chi connectivity index (χ3n) is 2.22. The molecule has 0 aromatic heterocycles. The maximum absolute atomic E-state index is 3.21. The van der Waals surface area contributed by atoms with Crippen LogP contribution in [0.1, 0.15) is 22.3 Å². The van der Waals surface area contributed by atoms with Crippen LogP contribution in [0.15, 0.2) is 6.07 Å². The average molecular weight is 173 g/mol. The second-order valence-electron chi connectivity index (χ2n) is 2.85. The van der Waals surface area contributed by atoms with Gasteiger partial charge in [-0.1, -0.05) is 27.7 Å². The van der Waals surface area contributed by atoms with Crippen LogP contribution in [-0.4, -0.2) is 23.1 Å². The van der Waals surface area contributed by atoms with Crippen molar-refractivity contribution in [3.8, 4) is 0 Å². The Kier molecular flexibility index (Phi) is 6.77. The quantitative estimate of drug-likeness (QED) is 0.417. The zero-order chi connectivity index (χ0) is 7.72. The number of rotatable bonds is 0. The summed E-state index contributed by atoms with van der Waals surface area (Å²) in [5.41, 5.74) is 5.38. The van der Waals surface area contributed by atoms with E-state index in [1.165, 1.54) is 22.3 Å². The average Bonchev–Trinajstić information content (AvgIpc) is 1.93. The van der Waals surface area contributed by atoms with Crippen LogP contribution in [0.5, 0.6) is 0 Å². The third-order valence-corrected chi connectivity index (χ3v) is 2.22. The maximum Gasteiger partial charge on any atom is 2.00 e. The molecule has 1 aromatic carbocycles. The van der Waals surface area contributed by atoms with E-state index in [1.54, 1.807) is 0 Å². The van der Waals surface area contributed by atoms with Crippen molar-refractivity contribution in [2.24, 2.45) is 0 Å². The van der Waals surface area contributed by atoms with Crippen molar-refractivity contribution < 1.29 is 0 Å². The topological polar surface area (TPSA) is 0 Å². The maximum atomic E-state index is 3.21. The molecule has 1 aromatic rings. The number of hydrogen-bond donors (Lipinski definition) is 0. The zero-order valence-electron chi connectivity index (χ0n) is 8.78. The molecule has 62 valence electrons. The molecule has 0 atom stereocenters. The molecule has 0 heterocycles. The summed E-state index contributed by atoms with van der Waals surface area (Å²) in [5, 5.41) is 0. The summed E-state index contributed by atoms with van der Waals surface area (Å²) in [7, 11) is 0. The first kappa shape index (κ1) is 14.5. The summed E-state index contributed by atoms with van der Waals surface area (Å²) in [6, 6.07) is 5.26. The molecule has 0 aliphatic carbocycles. The van der Waals surface area contributed by atoms with Gasteiger partial charge in [0.15, 0.2) is 0 Å². The van der Waals surface area contributed by atoms with Gasteiger partial charge in [0.2, 0.25) is 0 Å². The number of hydrogen-bond acceptors (Lipinski definition) is 0. The minimum atomic E-state index is 0. The van der Waals surface area contributed by atoms with Gasteiger partial charge in [-0.15, -0.1) is 0 Å². The molecule has 0 saturated heterocycles. The predicted octanol–water partition coefficient (Wildman–Crippen LogP) is 2.79. The van der Waals surface area contributed by atoms with Crippen LogP contribution in [0.25, 0.3) is 0 Å². The van der Waals surface area contributed by atoms with Gasteiger partial charge in [-0.25, -0.2) is 0 Å². The fourth-order valence-corrected chi connectivity index (χ4v) is 1.01. The predicted molar refractivity (Wildman–Crippen MR) is 56.4 cm³/mol. The van der Waals surface area contributed by atoms with Gasteiger partial charge in [0.1, 0.15) is 0 Å². The standard InChI is InChI=1S/C10H13.CH3.Mg/c1-7-5-6-8(2)10(4)9(7)3;;/h5H,1-4H3;1H3;/q2*-1;+2. The fraction of sp³-hybridized carbons (Fsp3) is 0.364. The van der Waals surface area contributed by atoms with Crippen LogP contribution in [-0.2, 0) is 0 Å². The Morgan fingerprint density at radius 1 is 1.00 bits per heavy atom. The molecular formula is C11H16Mg. The van der Waals surface area contributed by atoms with E-state index in [1.807, 2.05) is 0 Å². The normalized spacial score (nSPS) is 8.33. The molecule has 0 bridgehead atoms. The van der Waals surface area contributed by atoms with Crippen molar-refractivity contribution in [2.75, 3.05) is 0 Å². The van der Waals surface area contributed by atoms with Crippen LogP contribution in [0, 0.1) is 41.2 Å². The Hall–Kier alpha value is -0.0138. The third kappa shape index (κ3) is 2.79. The van der Waals surface area contributed by atoms with Gasteiger partial charge < -0.3 is 7.43 Å². The first-order valence-corrected chi connectivity index (χ1v) is 3.58. The Balaban J connectivity index is 0. The van der Waals surface area contributed by atoms with Gasteiger partial charge in [-0.05, 0) is 0 Å². The van der Waals surface area contributed by atoms with Crippen LogP contribution in [0.4, 0.5) is 0 Å². The zero-order valence-corrected chi connectivity index (χ0v) is 10.2. The van der Waals surface area contributed by atoms with Crippen LogP contribution < -0.4 is 0 Å². The van der Waals surface area contributed by atoms with Crippen LogP contribution >= 0.6 is 0 Å². The first-order valence-electron chi connectivity index (χ1n) is 3.58. The summed E-state index contributed by atoms with van der Waals surface area (Å²) in [5.74, 6) is 0. The van der Waals surface area contributed by atoms with Crippen molar-refractivity contribution in [1.82, 2.24) is 0 Å². The van der Waals surface area contributed by atoms with Crippen molar-refractivity contribution in [3.05, 3.63) is 41.8 Å². The number of aryl methyl sites for hydroxylation is 2. The molecule has 0 unspecified atom stereocenters. The summed E-state index contributed by atoms with van der Waals surface area (Å²) >= 11 is 0. The minimum absolute atomic E-state index is 0. The molecule has 0 spiro atoms. The molecule has 1 rings (SSSR count). The summed E-state index contributed by atoms with van der Waals surface area (Å²) in [6.07, 6.45) is 0. The van der Waals surface area contributed by atoms with E-state index in [2.05, 4.69) is 39.8 Å². The Morgan fingerprint density at radius 2 is 1.50 bits per heavy atom. The molecule has 0 aliphatic rings. The molecule has 0 fully saturated rings. The molecule has 12 heavy (non-hydrogen) atoms. The number of benzene rings is 1. The second kappa shape index (κ2) is 5.60. The van der Waals surface area contributed by atoms with Gasteiger partial charge >= 0.3 is 23.1 Å². The van der Waals surface area contributed by atoms with E-state index in [4.69, 9.17) is 0 Å². The molecule has 1 heteroatoms.